The quantitative estimate of drug-likeness (QED) is 0.372. The normalized spacial score (nSPS) is 13.8. The van der Waals surface area contributed by atoms with Gasteiger partial charge >= 0.3 is 0 Å². The van der Waals surface area contributed by atoms with Gasteiger partial charge in [0.05, 0.1) is 11.9 Å². The summed E-state index contributed by atoms with van der Waals surface area (Å²) in [6.45, 7) is 5.45. The van der Waals surface area contributed by atoms with Crippen molar-refractivity contribution >= 4 is 52.9 Å². The van der Waals surface area contributed by atoms with Gasteiger partial charge in [0.1, 0.15) is 12.2 Å². The number of hydrogen-bond donors (Lipinski definition) is 2. The third-order valence-electron chi connectivity index (χ3n) is 5.03. The minimum absolute atomic E-state index is 0.385. The van der Waals surface area contributed by atoms with Crippen LogP contribution in [0, 0.1) is 0 Å². The predicted molar refractivity (Wildman–Crippen MR) is 132 cm³/mol. The van der Waals surface area contributed by atoms with Gasteiger partial charge in [-0.1, -0.05) is 35.9 Å². The molecule has 0 amide bonds. The lowest BCUT2D eigenvalue weighted by atomic mass is 10.2. The van der Waals surface area contributed by atoms with Crippen molar-refractivity contribution in [1.82, 2.24) is 9.97 Å². The van der Waals surface area contributed by atoms with Gasteiger partial charge in [-0.2, -0.15) is 4.98 Å². The van der Waals surface area contributed by atoms with E-state index in [1.165, 1.54) is 5.69 Å². The number of benzene rings is 2. The first-order valence-electron chi connectivity index (χ1n) is 10.1. The zero-order chi connectivity index (χ0) is 21.8. The lowest BCUT2D eigenvalue weighted by molar-refractivity contribution is 0.588. The summed E-state index contributed by atoms with van der Waals surface area (Å²) in [5.41, 5.74) is 2.80. The van der Waals surface area contributed by atoms with E-state index in [4.69, 9.17) is 11.6 Å². The van der Waals surface area contributed by atoms with E-state index in [-0.39, 0.29) is 0 Å². The van der Waals surface area contributed by atoms with Crippen LogP contribution in [0.15, 0.2) is 66.9 Å². The maximum absolute atomic E-state index is 12.6. The van der Waals surface area contributed by atoms with E-state index < -0.39 is 7.14 Å². The maximum atomic E-state index is 12.6. The molecule has 0 atom stereocenters. The van der Waals surface area contributed by atoms with Gasteiger partial charge < -0.3 is 20.1 Å². The van der Waals surface area contributed by atoms with E-state index in [9.17, 15) is 4.57 Å². The fourth-order valence-corrected chi connectivity index (χ4v) is 4.75. The van der Waals surface area contributed by atoms with Crippen molar-refractivity contribution in [2.75, 3.05) is 42.0 Å². The van der Waals surface area contributed by atoms with Crippen LogP contribution in [0.3, 0.4) is 0 Å². The average molecular weight is 454 g/mol. The number of halogens is 1. The second-order valence-electron chi connectivity index (χ2n) is 7.76. The number of nitrogens with one attached hydrogen (secondary N) is 2. The number of nitrogens with zero attached hydrogens (tertiary/aromatic N) is 3. The van der Waals surface area contributed by atoms with Crippen LogP contribution in [0.2, 0.25) is 5.02 Å². The van der Waals surface area contributed by atoms with Gasteiger partial charge in [-0.3, -0.25) is 0 Å². The Bertz CT molecular complexity index is 1140. The van der Waals surface area contributed by atoms with Gasteiger partial charge in [0, 0.05) is 29.8 Å². The lowest BCUT2D eigenvalue weighted by Gasteiger charge is -2.25. The molecule has 6 nitrogen and oxygen atoms in total. The van der Waals surface area contributed by atoms with E-state index in [1.54, 1.807) is 19.5 Å². The number of para-hydroxylation sites is 1. The zero-order valence-corrected chi connectivity index (χ0v) is 19.2. The Kier molecular flexibility index (Phi) is 6.30. The monoisotopic (exact) mass is 453 g/mol. The molecule has 0 radical (unpaired) electrons. The summed E-state index contributed by atoms with van der Waals surface area (Å²) >= 11 is 6.33. The SMILES string of the molecule is CP(C)(=O)c1ccccc1Nc1nc(Nc2ccc(N3CC=CCC3)cc2)ncc1Cl. The fourth-order valence-electron chi connectivity index (χ4n) is 3.45. The standard InChI is InChI=1S/C23H25ClN5OP/c1-31(2,30)21-9-5-4-8-20(21)27-22-19(24)16-25-23(28-22)26-17-10-12-18(13-11-17)29-14-6-3-7-15-29/h3-6,8-13,16H,7,14-15H2,1-2H3,(H2,25,26,27,28). The Hall–Kier alpha value is -2.82. The Labute approximate surface area is 187 Å². The van der Waals surface area contributed by atoms with Crippen molar-refractivity contribution in [3.8, 4) is 0 Å². The van der Waals surface area contributed by atoms with E-state index >= 15 is 0 Å². The van der Waals surface area contributed by atoms with Crippen LogP contribution < -0.4 is 20.8 Å². The molecule has 2 aromatic carbocycles. The first-order chi connectivity index (χ1) is 14.9. The molecule has 160 valence electrons. The summed E-state index contributed by atoms with van der Waals surface area (Å²) in [5, 5.41) is 7.58. The zero-order valence-electron chi connectivity index (χ0n) is 17.5. The molecule has 0 aliphatic carbocycles. The molecule has 4 rings (SSSR count). The van der Waals surface area contributed by atoms with Crippen LogP contribution in [-0.4, -0.2) is 36.4 Å². The molecule has 3 aromatic rings. The van der Waals surface area contributed by atoms with E-state index in [0.29, 0.717) is 16.8 Å². The lowest BCUT2D eigenvalue weighted by Crippen LogP contribution is -2.26. The van der Waals surface area contributed by atoms with Crippen molar-refractivity contribution in [2.45, 2.75) is 6.42 Å². The predicted octanol–water partition coefficient (Wildman–Crippen LogP) is 5.63. The second-order valence-corrected chi connectivity index (χ2v) is 11.4. The molecule has 8 heteroatoms. The van der Waals surface area contributed by atoms with Gasteiger partial charge in [-0.25, -0.2) is 4.98 Å². The highest BCUT2D eigenvalue weighted by molar-refractivity contribution is 7.70. The number of anilines is 5. The molecule has 0 unspecified atom stereocenters. The maximum Gasteiger partial charge on any atom is 0.229 e. The molecular formula is C23H25ClN5OP. The van der Waals surface area contributed by atoms with Gasteiger partial charge in [-0.15, -0.1) is 0 Å². The van der Waals surface area contributed by atoms with E-state index in [2.05, 4.69) is 49.8 Å². The smallest absolute Gasteiger partial charge is 0.229 e. The molecule has 1 aliphatic heterocycles. The molecule has 0 saturated heterocycles. The van der Waals surface area contributed by atoms with Gasteiger partial charge in [0.15, 0.2) is 5.82 Å². The summed E-state index contributed by atoms with van der Waals surface area (Å²) in [6.07, 6.45) is 7.03. The summed E-state index contributed by atoms with van der Waals surface area (Å²) in [7, 11) is -2.46. The number of hydrogen-bond acceptors (Lipinski definition) is 6. The second kappa shape index (κ2) is 9.13. The molecule has 1 aromatic heterocycles. The fraction of sp³-hybridized carbons (Fsp3) is 0.217. The first-order valence-corrected chi connectivity index (χ1v) is 13.1. The van der Waals surface area contributed by atoms with Crippen molar-refractivity contribution in [3.05, 3.63) is 71.9 Å². The number of rotatable bonds is 6. The Balaban J connectivity index is 1.52. The van der Waals surface area contributed by atoms with Crippen molar-refractivity contribution < 1.29 is 4.57 Å². The summed E-state index contributed by atoms with van der Waals surface area (Å²) < 4.78 is 12.6. The average Bonchev–Trinajstić information content (AvgIpc) is 2.77. The molecule has 31 heavy (non-hydrogen) atoms. The van der Waals surface area contributed by atoms with Crippen molar-refractivity contribution in [1.29, 1.82) is 0 Å². The molecule has 0 spiro atoms. The van der Waals surface area contributed by atoms with Crippen LogP contribution in [0.1, 0.15) is 6.42 Å². The van der Waals surface area contributed by atoms with Gasteiger partial charge in [-0.05, 0) is 56.1 Å². The topological polar surface area (TPSA) is 70.2 Å². The van der Waals surface area contributed by atoms with Crippen LogP contribution in [0.25, 0.3) is 0 Å². The Morgan fingerprint density at radius 1 is 1.03 bits per heavy atom. The molecule has 0 fully saturated rings. The van der Waals surface area contributed by atoms with Crippen LogP contribution in [0.5, 0.6) is 0 Å². The summed E-state index contributed by atoms with van der Waals surface area (Å²) in [5.74, 6) is 0.881. The van der Waals surface area contributed by atoms with E-state index in [0.717, 1.165) is 36.2 Å². The van der Waals surface area contributed by atoms with Crippen LogP contribution >= 0.6 is 18.7 Å². The third kappa shape index (κ3) is 5.27. The van der Waals surface area contributed by atoms with Crippen molar-refractivity contribution in [2.24, 2.45) is 0 Å². The van der Waals surface area contributed by atoms with Gasteiger partial charge in [0.2, 0.25) is 5.95 Å². The van der Waals surface area contributed by atoms with Gasteiger partial charge in [0.25, 0.3) is 0 Å². The van der Waals surface area contributed by atoms with E-state index in [1.807, 2.05) is 36.4 Å². The Morgan fingerprint density at radius 3 is 2.52 bits per heavy atom. The summed E-state index contributed by atoms with van der Waals surface area (Å²) in [4.78, 5) is 11.2. The third-order valence-corrected chi connectivity index (χ3v) is 6.85. The minimum atomic E-state index is -2.46. The first kappa shape index (κ1) is 21.4. The van der Waals surface area contributed by atoms with Crippen molar-refractivity contribution in [3.63, 3.8) is 0 Å². The van der Waals surface area contributed by atoms with Crippen LogP contribution in [-0.2, 0) is 4.57 Å². The highest BCUT2D eigenvalue weighted by atomic mass is 35.5. The molecule has 2 N–H and O–H groups in total. The Morgan fingerprint density at radius 2 is 1.81 bits per heavy atom. The molecule has 0 bridgehead atoms. The molecular weight excluding hydrogens is 429 g/mol. The largest absolute Gasteiger partial charge is 0.367 e. The molecule has 0 saturated carbocycles. The summed E-state index contributed by atoms with van der Waals surface area (Å²) in [6, 6.07) is 15.7. The van der Waals surface area contributed by atoms with Crippen LogP contribution in [0.4, 0.5) is 28.8 Å². The highest BCUT2D eigenvalue weighted by Gasteiger charge is 2.17. The molecule has 1 aliphatic rings. The number of aromatic nitrogens is 2. The highest BCUT2D eigenvalue weighted by Crippen LogP contribution is 2.38. The molecule has 2 heterocycles. The minimum Gasteiger partial charge on any atom is -0.367 e.